The predicted molar refractivity (Wildman–Crippen MR) is 162 cm³/mol. The average Bonchev–Trinajstić information content (AvgIpc) is 3.36. The molecule has 0 radical (unpaired) electrons. The summed E-state index contributed by atoms with van der Waals surface area (Å²) in [6.07, 6.45) is 4.63. The fraction of sp³-hybridized carbons (Fsp3) is 0.367. The molecule has 9 heteroatoms. The van der Waals surface area contributed by atoms with E-state index in [0.717, 1.165) is 68.9 Å². The highest BCUT2D eigenvalue weighted by Gasteiger charge is 2.26. The molecule has 4 heterocycles. The zero-order chi connectivity index (χ0) is 25.5. The zero-order valence-corrected chi connectivity index (χ0v) is 24.4. The quantitative estimate of drug-likeness (QED) is 0.379. The summed E-state index contributed by atoms with van der Waals surface area (Å²) >= 11 is 0. The van der Waals surface area contributed by atoms with E-state index in [9.17, 15) is 4.79 Å². The fourth-order valence-corrected chi connectivity index (χ4v) is 6.02. The maximum atomic E-state index is 12.2. The second kappa shape index (κ2) is 11.9. The molecule has 7 nitrogen and oxygen atoms in total. The Morgan fingerprint density at radius 3 is 2.51 bits per heavy atom. The third-order valence-electron chi connectivity index (χ3n) is 8.06. The van der Waals surface area contributed by atoms with Gasteiger partial charge in [-0.3, -0.25) is 14.7 Å². The second-order valence-corrected chi connectivity index (χ2v) is 10.2. The SMILES string of the molecule is CNC(=O)c1ncn2c1CCc1c-2ccc(C)c1CCN1CCN(c2cccc3nc(C)ccc23)CC1.Cl.Cl. The number of fused-ring (bicyclic) bond motifs is 4. The molecular weight excluding hydrogens is 531 g/mol. The van der Waals surface area contributed by atoms with Gasteiger partial charge in [0.2, 0.25) is 0 Å². The third kappa shape index (κ3) is 5.36. The van der Waals surface area contributed by atoms with Crippen LogP contribution in [0.4, 0.5) is 5.69 Å². The lowest BCUT2D eigenvalue weighted by atomic mass is 9.90. The Morgan fingerprint density at radius 2 is 1.74 bits per heavy atom. The predicted octanol–water partition coefficient (Wildman–Crippen LogP) is 4.70. The Labute approximate surface area is 242 Å². The molecule has 2 aromatic heterocycles. The molecule has 1 fully saturated rings. The molecule has 0 bridgehead atoms. The van der Waals surface area contributed by atoms with Gasteiger partial charge in [0.15, 0.2) is 0 Å². The van der Waals surface area contributed by atoms with Crippen molar-refractivity contribution in [1.29, 1.82) is 0 Å². The van der Waals surface area contributed by atoms with Gasteiger partial charge in [-0.1, -0.05) is 12.1 Å². The summed E-state index contributed by atoms with van der Waals surface area (Å²) in [5.41, 5.74) is 10.4. The molecule has 0 aliphatic carbocycles. The average molecular weight is 568 g/mol. The number of amides is 1. The Kier molecular flexibility index (Phi) is 8.84. The van der Waals surface area contributed by atoms with Gasteiger partial charge in [0, 0.05) is 56.5 Å². The summed E-state index contributed by atoms with van der Waals surface area (Å²) in [6, 6.07) is 15.2. The highest BCUT2D eigenvalue weighted by Crippen LogP contribution is 2.32. The molecule has 39 heavy (non-hydrogen) atoms. The van der Waals surface area contributed by atoms with E-state index in [1.54, 1.807) is 13.4 Å². The highest BCUT2D eigenvalue weighted by atomic mass is 35.5. The van der Waals surface area contributed by atoms with E-state index >= 15 is 0 Å². The molecule has 1 saturated heterocycles. The molecular formula is C30H36Cl2N6O. The van der Waals surface area contributed by atoms with E-state index in [1.807, 2.05) is 6.92 Å². The van der Waals surface area contributed by atoms with E-state index in [0.29, 0.717) is 5.69 Å². The van der Waals surface area contributed by atoms with Crippen LogP contribution in [0.2, 0.25) is 0 Å². The fourth-order valence-electron chi connectivity index (χ4n) is 6.02. The van der Waals surface area contributed by atoms with Crippen molar-refractivity contribution in [3.05, 3.63) is 82.6 Å². The minimum Gasteiger partial charge on any atom is -0.368 e. The molecule has 0 unspecified atom stereocenters. The van der Waals surface area contributed by atoms with Crippen molar-refractivity contribution in [3.63, 3.8) is 0 Å². The summed E-state index contributed by atoms with van der Waals surface area (Å²) in [5, 5.41) is 3.96. The Hall–Kier alpha value is -3.13. The molecule has 1 N–H and O–H groups in total. The molecule has 0 spiro atoms. The lowest BCUT2D eigenvalue weighted by molar-refractivity contribution is 0.0957. The number of piperazine rings is 1. The van der Waals surface area contributed by atoms with Crippen molar-refractivity contribution in [2.24, 2.45) is 0 Å². The number of halogens is 2. The molecule has 2 aromatic carbocycles. The van der Waals surface area contributed by atoms with Crippen LogP contribution in [0.5, 0.6) is 0 Å². The van der Waals surface area contributed by atoms with E-state index in [-0.39, 0.29) is 30.7 Å². The van der Waals surface area contributed by atoms with Crippen molar-refractivity contribution in [2.45, 2.75) is 33.1 Å². The van der Waals surface area contributed by atoms with Gasteiger partial charge < -0.3 is 14.8 Å². The molecule has 1 amide bonds. The van der Waals surface area contributed by atoms with Crippen molar-refractivity contribution >= 4 is 47.3 Å². The number of carbonyl (C=O) groups excluding carboxylic acids is 1. The van der Waals surface area contributed by atoms with Crippen LogP contribution in [0.3, 0.4) is 0 Å². The van der Waals surface area contributed by atoms with Crippen LogP contribution in [0, 0.1) is 13.8 Å². The minimum absolute atomic E-state index is 0. The monoisotopic (exact) mass is 566 g/mol. The largest absolute Gasteiger partial charge is 0.368 e. The van der Waals surface area contributed by atoms with Crippen LogP contribution in [0.25, 0.3) is 16.6 Å². The number of aryl methyl sites for hydroxylation is 2. The first kappa shape index (κ1) is 28.9. The Bertz CT molecular complexity index is 1490. The minimum atomic E-state index is -0.112. The van der Waals surface area contributed by atoms with Gasteiger partial charge in [0.05, 0.1) is 16.9 Å². The molecule has 2 aliphatic heterocycles. The lowest BCUT2D eigenvalue weighted by Crippen LogP contribution is -2.47. The number of pyridine rings is 1. The second-order valence-electron chi connectivity index (χ2n) is 10.2. The summed E-state index contributed by atoms with van der Waals surface area (Å²) in [5.74, 6) is -0.112. The van der Waals surface area contributed by atoms with E-state index in [1.165, 1.54) is 33.5 Å². The van der Waals surface area contributed by atoms with E-state index < -0.39 is 0 Å². The molecule has 4 aromatic rings. The maximum absolute atomic E-state index is 12.2. The summed E-state index contributed by atoms with van der Waals surface area (Å²) in [4.78, 5) is 26.5. The molecule has 6 rings (SSSR count). The van der Waals surface area contributed by atoms with Gasteiger partial charge in [-0.25, -0.2) is 4.98 Å². The van der Waals surface area contributed by atoms with E-state index in [4.69, 9.17) is 4.98 Å². The van der Waals surface area contributed by atoms with Crippen LogP contribution in [0.1, 0.15) is 38.6 Å². The standard InChI is InChI=1S/C30H34N6O.2ClH/c1-20-7-11-27-23(10-12-28-29(30(37)31-3)32-19-36(27)28)22(20)13-14-34-15-17-35(18-16-34)26-6-4-5-25-24(26)9-8-21(2)33-25;;/h4-9,11,19H,10,12-18H2,1-3H3,(H,31,37);2*1H. The van der Waals surface area contributed by atoms with Crippen LogP contribution < -0.4 is 10.2 Å². The number of hydrogen-bond acceptors (Lipinski definition) is 5. The van der Waals surface area contributed by atoms with Crippen molar-refractivity contribution in [1.82, 2.24) is 24.8 Å². The van der Waals surface area contributed by atoms with Gasteiger partial charge in [-0.05, 0) is 80.1 Å². The molecule has 0 saturated carbocycles. The summed E-state index contributed by atoms with van der Waals surface area (Å²) in [6.45, 7) is 9.51. The first-order chi connectivity index (χ1) is 18.0. The van der Waals surface area contributed by atoms with Crippen molar-refractivity contribution in [2.75, 3.05) is 44.7 Å². The number of nitrogens with one attached hydrogen (secondary N) is 1. The molecule has 0 atom stereocenters. The number of rotatable bonds is 5. The number of nitrogens with zero attached hydrogens (tertiary/aromatic N) is 5. The summed E-state index contributed by atoms with van der Waals surface area (Å²) < 4.78 is 2.12. The molecule has 206 valence electrons. The zero-order valence-electron chi connectivity index (χ0n) is 22.7. The molecule has 2 aliphatic rings. The summed E-state index contributed by atoms with van der Waals surface area (Å²) in [7, 11) is 1.66. The maximum Gasteiger partial charge on any atom is 0.271 e. The smallest absolute Gasteiger partial charge is 0.271 e. The normalized spacial score (nSPS) is 14.7. The highest BCUT2D eigenvalue weighted by molar-refractivity contribution is 5.93. The number of imidazole rings is 1. The third-order valence-corrected chi connectivity index (χ3v) is 8.06. The van der Waals surface area contributed by atoms with Gasteiger partial charge in [-0.2, -0.15) is 0 Å². The first-order valence-corrected chi connectivity index (χ1v) is 13.3. The van der Waals surface area contributed by atoms with Gasteiger partial charge >= 0.3 is 0 Å². The number of carbonyl (C=O) groups is 1. The Balaban J connectivity index is 0.00000176. The van der Waals surface area contributed by atoms with Gasteiger partial charge in [0.25, 0.3) is 5.91 Å². The number of anilines is 1. The lowest BCUT2D eigenvalue weighted by Gasteiger charge is -2.37. The van der Waals surface area contributed by atoms with E-state index in [2.05, 4.69) is 74.1 Å². The van der Waals surface area contributed by atoms with Crippen molar-refractivity contribution in [3.8, 4) is 5.69 Å². The van der Waals surface area contributed by atoms with Gasteiger partial charge in [-0.15, -0.1) is 24.8 Å². The Morgan fingerprint density at radius 1 is 0.949 bits per heavy atom. The van der Waals surface area contributed by atoms with Crippen LogP contribution >= 0.6 is 24.8 Å². The van der Waals surface area contributed by atoms with Crippen LogP contribution in [0.15, 0.2) is 48.8 Å². The van der Waals surface area contributed by atoms with Crippen molar-refractivity contribution < 1.29 is 4.79 Å². The number of hydrogen-bond donors (Lipinski definition) is 1. The topological polar surface area (TPSA) is 66.3 Å². The first-order valence-electron chi connectivity index (χ1n) is 13.3. The van der Waals surface area contributed by atoms with Crippen LogP contribution in [-0.2, 0) is 19.3 Å². The number of aromatic nitrogens is 3. The number of benzene rings is 2. The van der Waals surface area contributed by atoms with Crippen LogP contribution in [-0.4, -0.2) is 65.1 Å². The van der Waals surface area contributed by atoms with Gasteiger partial charge in [0.1, 0.15) is 12.0 Å².